The summed E-state index contributed by atoms with van der Waals surface area (Å²) in [4.78, 5) is 16.2. The summed E-state index contributed by atoms with van der Waals surface area (Å²) in [5.74, 6) is 1.87. The van der Waals surface area contributed by atoms with E-state index < -0.39 is 0 Å². The van der Waals surface area contributed by atoms with Crippen molar-refractivity contribution < 1.29 is 4.74 Å². The molecule has 1 aliphatic rings. The van der Waals surface area contributed by atoms with Crippen molar-refractivity contribution >= 4 is 5.95 Å². The number of hydrogen-bond donors (Lipinski definition) is 0. The number of benzene rings is 2. The molecular formula is C21H19N5O. The van der Waals surface area contributed by atoms with E-state index in [0.29, 0.717) is 42.8 Å². The highest BCUT2D eigenvalue weighted by Crippen LogP contribution is 2.23. The predicted octanol–water partition coefficient (Wildman–Crippen LogP) is 2.84. The first-order chi connectivity index (χ1) is 13.3. The molecular weight excluding hydrogens is 338 g/mol. The minimum absolute atomic E-state index is 0.537. The average Bonchev–Trinajstić information content (AvgIpc) is 2.75. The van der Waals surface area contributed by atoms with E-state index in [1.54, 1.807) is 6.07 Å². The monoisotopic (exact) mass is 357 g/mol. The van der Waals surface area contributed by atoms with Gasteiger partial charge in [0.25, 0.3) is 0 Å². The van der Waals surface area contributed by atoms with Gasteiger partial charge in [0.1, 0.15) is 5.82 Å². The fraction of sp³-hybridized carbons (Fsp3) is 0.238. The Morgan fingerprint density at radius 2 is 1.67 bits per heavy atom. The molecule has 0 N–H and O–H groups in total. The van der Waals surface area contributed by atoms with Crippen LogP contribution in [0.5, 0.6) is 0 Å². The van der Waals surface area contributed by atoms with E-state index in [4.69, 9.17) is 9.72 Å². The first-order valence-corrected chi connectivity index (χ1v) is 8.94. The molecule has 3 aromatic rings. The Labute approximate surface area is 158 Å². The SMILES string of the molecule is N#Cc1ccccc1-c1nc(Cc2ccccc2)nc(N2CCOCC2)n1. The Hall–Kier alpha value is -3.30. The number of rotatable bonds is 4. The van der Waals surface area contributed by atoms with Gasteiger partial charge in [0.15, 0.2) is 5.82 Å². The lowest BCUT2D eigenvalue weighted by atomic mass is 10.1. The summed E-state index contributed by atoms with van der Waals surface area (Å²) in [6.07, 6.45) is 0.614. The molecule has 6 heteroatoms. The van der Waals surface area contributed by atoms with Gasteiger partial charge in [-0.05, 0) is 17.7 Å². The van der Waals surface area contributed by atoms with E-state index in [1.807, 2.05) is 36.4 Å². The largest absolute Gasteiger partial charge is 0.378 e. The van der Waals surface area contributed by atoms with Crippen LogP contribution in [0, 0.1) is 11.3 Å². The molecule has 1 aromatic heterocycles. The van der Waals surface area contributed by atoms with Crippen molar-refractivity contribution in [1.29, 1.82) is 5.26 Å². The topological polar surface area (TPSA) is 74.9 Å². The van der Waals surface area contributed by atoms with Crippen LogP contribution in [0.15, 0.2) is 54.6 Å². The molecule has 0 saturated carbocycles. The molecule has 27 heavy (non-hydrogen) atoms. The lowest BCUT2D eigenvalue weighted by molar-refractivity contribution is 0.122. The van der Waals surface area contributed by atoms with Crippen molar-refractivity contribution in [2.45, 2.75) is 6.42 Å². The number of nitriles is 1. The quantitative estimate of drug-likeness (QED) is 0.715. The second-order valence-corrected chi connectivity index (χ2v) is 6.29. The zero-order valence-electron chi connectivity index (χ0n) is 14.9. The summed E-state index contributed by atoms with van der Waals surface area (Å²) in [6, 6.07) is 19.7. The van der Waals surface area contributed by atoms with Crippen LogP contribution in [0.4, 0.5) is 5.95 Å². The van der Waals surface area contributed by atoms with Gasteiger partial charge < -0.3 is 9.64 Å². The van der Waals surface area contributed by atoms with Crippen LogP contribution in [0.1, 0.15) is 17.0 Å². The summed E-state index contributed by atoms with van der Waals surface area (Å²) in [5, 5.41) is 9.45. The Bertz CT molecular complexity index is 962. The van der Waals surface area contributed by atoms with Crippen molar-refractivity contribution in [3.8, 4) is 17.5 Å². The Morgan fingerprint density at radius 1 is 0.926 bits per heavy atom. The molecule has 134 valence electrons. The highest BCUT2D eigenvalue weighted by molar-refractivity contribution is 5.65. The molecule has 1 aliphatic heterocycles. The maximum Gasteiger partial charge on any atom is 0.229 e. The van der Waals surface area contributed by atoms with Crippen LogP contribution in [-0.2, 0) is 11.2 Å². The zero-order chi connectivity index (χ0) is 18.5. The molecule has 1 fully saturated rings. The van der Waals surface area contributed by atoms with Crippen LogP contribution in [0.2, 0.25) is 0 Å². The minimum Gasteiger partial charge on any atom is -0.378 e. The Kier molecular flexibility index (Phi) is 5.04. The van der Waals surface area contributed by atoms with E-state index in [0.717, 1.165) is 24.2 Å². The molecule has 2 aromatic carbocycles. The highest BCUT2D eigenvalue weighted by Gasteiger charge is 2.18. The smallest absolute Gasteiger partial charge is 0.229 e. The van der Waals surface area contributed by atoms with Gasteiger partial charge in [0.05, 0.1) is 24.8 Å². The molecule has 0 bridgehead atoms. The first kappa shape index (κ1) is 17.1. The Morgan fingerprint density at radius 3 is 2.44 bits per heavy atom. The molecule has 0 atom stereocenters. The van der Waals surface area contributed by atoms with Gasteiger partial charge in [0, 0.05) is 25.1 Å². The van der Waals surface area contributed by atoms with Crippen molar-refractivity contribution in [2.75, 3.05) is 31.2 Å². The van der Waals surface area contributed by atoms with Crippen LogP contribution in [0.25, 0.3) is 11.4 Å². The van der Waals surface area contributed by atoms with Crippen molar-refractivity contribution in [1.82, 2.24) is 15.0 Å². The molecule has 0 amide bonds. The standard InChI is InChI=1S/C21H19N5O/c22-15-17-8-4-5-9-18(17)20-23-19(14-16-6-2-1-3-7-16)24-21(25-20)26-10-12-27-13-11-26/h1-9H,10-14H2. The van der Waals surface area contributed by atoms with Gasteiger partial charge in [-0.1, -0.05) is 42.5 Å². The number of nitrogens with zero attached hydrogens (tertiary/aromatic N) is 5. The molecule has 0 spiro atoms. The van der Waals surface area contributed by atoms with E-state index in [9.17, 15) is 5.26 Å². The molecule has 1 saturated heterocycles. The van der Waals surface area contributed by atoms with Gasteiger partial charge >= 0.3 is 0 Å². The molecule has 0 unspecified atom stereocenters. The van der Waals surface area contributed by atoms with Crippen LogP contribution < -0.4 is 4.90 Å². The third-order valence-corrected chi connectivity index (χ3v) is 4.46. The molecule has 4 rings (SSSR count). The van der Waals surface area contributed by atoms with Crippen molar-refractivity contribution in [3.63, 3.8) is 0 Å². The third kappa shape index (κ3) is 3.94. The van der Waals surface area contributed by atoms with Crippen LogP contribution in [0.3, 0.4) is 0 Å². The summed E-state index contributed by atoms with van der Waals surface area (Å²) in [7, 11) is 0. The van der Waals surface area contributed by atoms with E-state index in [-0.39, 0.29) is 0 Å². The van der Waals surface area contributed by atoms with Crippen LogP contribution in [-0.4, -0.2) is 41.3 Å². The fourth-order valence-electron chi connectivity index (χ4n) is 3.07. The van der Waals surface area contributed by atoms with E-state index in [1.165, 1.54) is 0 Å². The molecule has 0 aliphatic carbocycles. The van der Waals surface area contributed by atoms with E-state index >= 15 is 0 Å². The van der Waals surface area contributed by atoms with Crippen molar-refractivity contribution in [2.24, 2.45) is 0 Å². The normalized spacial score (nSPS) is 14.0. The molecule has 6 nitrogen and oxygen atoms in total. The van der Waals surface area contributed by atoms with Gasteiger partial charge in [-0.2, -0.15) is 15.2 Å². The zero-order valence-corrected chi connectivity index (χ0v) is 14.9. The molecule has 2 heterocycles. The lowest BCUT2D eigenvalue weighted by Gasteiger charge is -2.27. The number of morpholine rings is 1. The number of hydrogen-bond acceptors (Lipinski definition) is 6. The predicted molar refractivity (Wildman–Crippen MR) is 102 cm³/mol. The van der Waals surface area contributed by atoms with Gasteiger partial charge in [0.2, 0.25) is 5.95 Å². The fourth-order valence-corrected chi connectivity index (χ4v) is 3.07. The Balaban J connectivity index is 1.77. The van der Waals surface area contributed by atoms with Crippen molar-refractivity contribution in [3.05, 3.63) is 71.5 Å². The highest BCUT2D eigenvalue weighted by atomic mass is 16.5. The summed E-state index contributed by atoms with van der Waals surface area (Å²) < 4.78 is 5.44. The average molecular weight is 357 g/mol. The van der Waals surface area contributed by atoms with Crippen LogP contribution >= 0.6 is 0 Å². The first-order valence-electron chi connectivity index (χ1n) is 8.94. The second-order valence-electron chi connectivity index (χ2n) is 6.29. The number of anilines is 1. The van der Waals surface area contributed by atoms with Gasteiger partial charge in [-0.25, -0.2) is 4.98 Å². The molecule has 0 radical (unpaired) electrons. The lowest BCUT2D eigenvalue weighted by Crippen LogP contribution is -2.37. The van der Waals surface area contributed by atoms with Gasteiger partial charge in [-0.3, -0.25) is 0 Å². The maximum atomic E-state index is 9.45. The number of aromatic nitrogens is 3. The van der Waals surface area contributed by atoms with Gasteiger partial charge in [-0.15, -0.1) is 0 Å². The maximum absolute atomic E-state index is 9.45. The summed E-state index contributed by atoms with van der Waals surface area (Å²) in [6.45, 7) is 2.80. The summed E-state index contributed by atoms with van der Waals surface area (Å²) in [5.41, 5.74) is 2.42. The summed E-state index contributed by atoms with van der Waals surface area (Å²) >= 11 is 0. The number of ether oxygens (including phenoxy) is 1. The van der Waals surface area contributed by atoms with E-state index in [2.05, 4.69) is 33.1 Å². The third-order valence-electron chi connectivity index (χ3n) is 4.46. The minimum atomic E-state index is 0.537. The second kappa shape index (κ2) is 7.94.